The van der Waals surface area contributed by atoms with Crippen LogP contribution < -0.4 is 4.74 Å². The summed E-state index contributed by atoms with van der Waals surface area (Å²) < 4.78 is 4.69. The van der Waals surface area contributed by atoms with Crippen molar-refractivity contribution in [3.63, 3.8) is 0 Å². The van der Waals surface area contributed by atoms with Crippen LogP contribution in [0.15, 0.2) is 30.8 Å². The highest BCUT2D eigenvalue weighted by Gasteiger charge is 2.02. The summed E-state index contributed by atoms with van der Waals surface area (Å²) in [5.41, 5.74) is -0.101. The van der Waals surface area contributed by atoms with Crippen molar-refractivity contribution in [1.29, 1.82) is 0 Å². The summed E-state index contributed by atoms with van der Waals surface area (Å²) in [6, 6.07) is 7.00. The van der Waals surface area contributed by atoms with Gasteiger partial charge in [-0.2, -0.15) is 0 Å². The maximum absolute atomic E-state index is 10.4. The van der Waals surface area contributed by atoms with E-state index in [1.807, 2.05) is 6.07 Å². The molecule has 0 atom stereocenters. The third-order valence-corrected chi connectivity index (χ3v) is 1.41. The molecule has 0 aromatic heterocycles. The smallest absolute Gasteiger partial charge is 0.409 e. The number of hydrogen-bond acceptors (Lipinski definition) is 2. The van der Waals surface area contributed by atoms with Gasteiger partial charge in [0, 0.05) is 17.2 Å². The molecule has 1 rings (SSSR count). The molecule has 1 aromatic rings. The second kappa shape index (κ2) is 3.93. The van der Waals surface area contributed by atoms with E-state index in [2.05, 4.69) is 6.58 Å². The van der Waals surface area contributed by atoms with Gasteiger partial charge in [0.15, 0.2) is 0 Å². The minimum absolute atomic E-state index is 0.424. The summed E-state index contributed by atoms with van der Waals surface area (Å²) in [6.07, 6.45) is 1.59. The molecule has 0 saturated heterocycles. The first-order valence-electron chi connectivity index (χ1n) is 3.33. The number of para-hydroxylation sites is 1. The quantitative estimate of drug-likeness (QED) is 0.657. The molecule has 12 heavy (non-hydrogen) atoms. The number of rotatable bonds is 2. The molecule has 0 aliphatic heterocycles. The molecule has 0 spiro atoms. The average Bonchev–Trinajstić information content (AvgIpc) is 2.04. The van der Waals surface area contributed by atoms with Crippen molar-refractivity contribution in [2.45, 2.75) is 0 Å². The molecule has 62 valence electrons. The SMILES string of the molecule is C=Cc1ccccc1OC(=O)Cl. The normalized spacial score (nSPS) is 9.08. The van der Waals surface area contributed by atoms with Gasteiger partial charge in [-0.15, -0.1) is 0 Å². The molecule has 0 amide bonds. The second-order valence-electron chi connectivity index (χ2n) is 2.08. The number of carbonyl (C=O) groups excluding carboxylic acids is 1. The van der Waals surface area contributed by atoms with Gasteiger partial charge in [0.25, 0.3) is 0 Å². The summed E-state index contributed by atoms with van der Waals surface area (Å²) in [7, 11) is 0. The fourth-order valence-electron chi connectivity index (χ4n) is 0.829. The Kier molecular flexibility index (Phi) is 2.88. The number of halogens is 1. The van der Waals surface area contributed by atoms with E-state index < -0.39 is 5.43 Å². The predicted octanol–water partition coefficient (Wildman–Crippen LogP) is 3.07. The Labute approximate surface area is 75.4 Å². The van der Waals surface area contributed by atoms with Crippen molar-refractivity contribution in [1.82, 2.24) is 0 Å². The van der Waals surface area contributed by atoms with Gasteiger partial charge in [-0.1, -0.05) is 30.9 Å². The first kappa shape index (κ1) is 8.81. The van der Waals surface area contributed by atoms with Crippen LogP contribution in [-0.4, -0.2) is 5.43 Å². The summed E-state index contributed by atoms with van der Waals surface area (Å²) in [6.45, 7) is 3.56. The topological polar surface area (TPSA) is 26.3 Å². The minimum atomic E-state index is -0.843. The first-order chi connectivity index (χ1) is 5.74. The van der Waals surface area contributed by atoms with Crippen molar-refractivity contribution < 1.29 is 9.53 Å². The zero-order valence-electron chi connectivity index (χ0n) is 6.29. The molecular formula is C9H7ClO2. The number of benzene rings is 1. The van der Waals surface area contributed by atoms with Gasteiger partial charge >= 0.3 is 5.43 Å². The highest BCUT2D eigenvalue weighted by atomic mass is 35.5. The van der Waals surface area contributed by atoms with Crippen molar-refractivity contribution >= 4 is 23.1 Å². The van der Waals surface area contributed by atoms with E-state index in [1.165, 1.54) is 0 Å². The Morgan fingerprint density at radius 1 is 1.50 bits per heavy atom. The van der Waals surface area contributed by atoms with Crippen LogP contribution in [0.25, 0.3) is 6.08 Å². The van der Waals surface area contributed by atoms with Gasteiger partial charge in [-0.3, -0.25) is 0 Å². The maximum Gasteiger partial charge on any atom is 0.409 e. The van der Waals surface area contributed by atoms with Crippen LogP contribution >= 0.6 is 11.6 Å². The number of carbonyl (C=O) groups is 1. The number of ether oxygens (including phenoxy) is 1. The van der Waals surface area contributed by atoms with Crippen LogP contribution in [-0.2, 0) is 0 Å². The van der Waals surface area contributed by atoms with Crippen LogP contribution in [0.5, 0.6) is 5.75 Å². The van der Waals surface area contributed by atoms with Crippen molar-refractivity contribution in [3.05, 3.63) is 36.4 Å². The lowest BCUT2D eigenvalue weighted by Crippen LogP contribution is -1.97. The van der Waals surface area contributed by atoms with Crippen molar-refractivity contribution in [2.24, 2.45) is 0 Å². The molecule has 0 heterocycles. The Morgan fingerprint density at radius 2 is 2.17 bits per heavy atom. The van der Waals surface area contributed by atoms with E-state index in [0.717, 1.165) is 5.56 Å². The maximum atomic E-state index is 10.4. The van der Waals surface area contributed by atoms with Crippen LogP contribution in [0, 0.1) is 0 Å². The van der Waals surface area contributed by atoms with E-state index in [4.69, 9.17) is 16.3 Å². The molecule has 0 aliphatic carbocycles. The van der Waals surface area contributed by atoms with Crippen LogP contribution in [0.3, 0.4) is 0 Å². The molecule has 0 aliphatic rings. The van der Waals surface area contributed by atoms with E-state index in [0.29, 0.717) is 5.75 Å². The minimum Gasteiger partial charge on any atom is -0.414 e. The van der Waals surface area contributed by atoms with Gasteiger partial charge in [-0.05, 0) is 6.07 Å². The fraction of sp³-hybridized carbons (Fsp3) is 0. The Bertz CT molecular complexity index is 307. The standard InChI is InChI=1S/C9H7ClO2/c1-2-7-5-3-4-6-8(7)12-9(10)11/h2-6H,1H2. The fourth-order valence-corrected chi connectivity index (χ4v) is 0.912. The van der Waals surface area contributed by atoms with Crippen LogP contribution in [0.1, 0.15) is 5.56 Å². The van der Waals surface area contributed by atoms with E-state index >= 15 is 0 Å². The summed E-state index contributed by atoms with van der Waals surface area (Å²) >= 11 is 5.05. The van der Waals surface area contributed by atoms with Gasteiger partial charge < -0.3 is 4.74 Å². The third kappa shape index (κ3) is 2.10. The van der Waals surface area contributed by atoms with Crippen LogP contribution in [0.2, 0.25) is 0 Å². The lowest BCUT2D eigenvalue weighted by Gasteiger charge is -2.02. The molecule has 3 heteroatoms. The third-order valence-electron chi connectivity index (χ3n) is 1.33. The first-order valence-corrected chi connectivity index (χ1v) is 3.70. The van der Waals surface area contributed by atoms with Gasteiger partial charge in [-0.25, -0.2) is 4.79 Å². The zero-order chi connectivity index (χ0) is 8.97. The molecule has 0 saturated carbocycles. The van der Waals surface area contributed by atoms with Gasteiger partial charge in [0.1, 0.15) is 5.75 Å². The highest BCUT2D eigenvalue weighted by Crippen LogP contribution is 2.19. The van der Waals surface area contributed by atoms with Gasteiger partial charge in [0.2, 0.25) is 0 Å². The molecule has 0 N–H and O–H groups in total. The van der Waals surface area contributed by atoms with E-state index in [9.17, 15) is 4.79 Å². The van der Waals surface area contributed by atoms with Crippen molar-refractivity contribution in [3.8, 4) is 5.75 Å². The summed E-state index contributed by atoms with van der Waals surface area (Å²) in [5.74, 6) is 0.424. The van der Waals surface area contributed by atoms with Crippen molar-refractivity contribution in [2.75, 3.05) is 0 Å². The van der Waals surface area contributed by atoms with Gasteiger partial charge in [0.05, 0.1) is 0 Å². The van der Waals surface area contributed by atoms with E-state index in [1.54, 1.807) is 24.3 Å². The molecule has 0 radical (unpaired) electrons. The Hall–Kier alpha value is -1.28. The molecular weight excluding hydrogens is 176 g/mol. The molecule has 0 fully saturated rings. The highest BCUT2D eigenvalue weighted by molar-refractivity contribution is 6.61. The second-order valence-corrected chi connectivity index (χ2v) is 2.39. The monoisotopic (exact) mass is 182 g/mol. The predicted molar refractivity (Wildman–Crippen MR) is 48.4 cm³/mol. The molecule has 2 nitrogen and oxygen atoms in total. The lowest BCUT2D eigenvalue weighted by molar-refractivity contribution is 0.225. The Morgan fingerprint density at radius 3 is 2.75 bits per heavy atom. The zero-order valence-corrected chi connectivity index (χ0v) is 7.04. The van der Waals surface area contributed by atoms with E-state index in [-0.39, 0.29) is 0 Å². The molecule has 0 bridgehead atoms. The Balaban J connectivity index is 2.96. The number of hydrogen-bond donors (Lipinski definition) is 0. The molecule has 0 unspecified atom stereocenters. The lowest BCUT2D eigenvalue weighted by atomic mass is 10.2. The largest absolute Gasteiger partial charge is 0.414 e. The van der Waals surface area contributed by atoms with Crippen LogP contribution in [0.4, 0.5) is 4.79 Å². The summed E-state index contributed by atoms with van der Waals surface area (Å²) in [4.78, 5) is 10.4. The molecule has 1 aromatic carbocycles. The average molecular weight is 183 g/mol. The summed E-state index contributed by atoms with van der Waals surface area (Å²) in [5, 5.41) is 0.